The predicted molar refractivity (Wildman–Crippen MR) is 70.1 cm³/mol. The molecule has 0 spiro atoms. The van der Waals surface area contributed by atoms with E-state index in [1.54, 1.807) is 0 Å². The van der Waals surface area contributed by atoms with Crippen molar-refractivity contribution >= 4 is 17.5 Å². The van der Waals surface area contributed by atoms with Crippen molar-refractivity contribution in [1.29, 1.82) is 5.26 Å². The van der Waals surface area contributed by atoms with E-state index in [0.29, 0.717) is 13.0 Å². The van der Waals surface area contributed by atoms with Crippen LogP contribution in [0.5, 0.6) is 0 Å². The van der Waals surface area contributed by atoms with Crippen LogP contribution in [0.25, 0.3) is 0 Å². The van der Waals surface area contributed by atoms with Gasteiger partial charge in [0.2, 0.25) is 5.91 Å². The molecule has 1 aliphatic heterocycles. The molecule has 0 aromatic heterocycles. The van der Waals surface area contributed by atoms with Crippen LogP contribution in [0.4, 0.5) is 0 Å². The summed E-state index contributed by atoms with van der Waals surface area (Å²) in [4.78, 5) is 13.6. The lowest BCUT2D eigenvalue weighted by Crippen LogP contribution is -2.39. The molecule has 94 valence electrons. The monoisotopic (exact) mass is 262 g/mol. The molecule has 1 aromatic rings. The number of amides is 1. The summed E-state index contributed by atoms with van der Waals surface area (Å²) < 4.78 is 0. The lowest BCUT2D eigenvalue weighted by Gasteiger charge is -2.29. The maximum absolute atomic E-state index is 11.8. The van der Waals surface area contributed by atoms with E-state index < -0.39 is 0 Å². The summed E-state index contributed by atoms with van der Waals surface area (Å²) in [6.45, 7) is 1.42. The summed E-state index contributed by atoms with van der Waals surface area (Å²) in [5, 5.41) is 9.52. The zero-order chi connectivity index (χ0) is 13.0. The Labute approximate surface area is 112 Å². The Kier molecular flexibility index (Phi) is 4.22. The van der Waals surface area contributed by atoms with Gasteiger partial charge >= 0.3 is 0 Å². The van der Waals surface area contributed by atoms with Crippen LogP contribution in [0.3, 0.4) is 0 Å². The number of carbonyl (C=O) groups is 1. The molecule has 1 amide bonds. The summed E-state index contributed by atoms with van der Waals surface area (Å²) in [6.07, 6.45) is 2.00. The van der Waals surface area contributed by atoms with Gasteiger partial charge < -0.3 is 4.90 Å². The molecule has 1 atom stereocenters. The average Bonchev–Trinajstić information content (AvgIpc) is 2.39. The van der Waals surface area contributed by atoms with Gasteiger partial charge in [-0.15, -0.1) is 0 Å². The molecule has 2 rings (SSSR count). The van der Waals surface area contributed by atoms with Crippen LogP contribution in [-0.4, -0.2) is 23.9 Å². The van der Waals surface area contributed by atoms with Crippen molar-refractivity contribution in [1.82, 2.24) is 4.90 Å². The van der Waals surface area contributed by atoms with Crippen LogP contribution in [0.2, 0.25) is 5.02 Å². The standard InChI is InChI=1S/C14H15ClN2O/c15-13-3-1-11(2-4-13)5-7-17-8-6-12(10-16)9-14(17)18/h1-4,12H,5-9H2. The molecule has 1 aliphatic rings. The van der Waals surface area contributed by atoms with E-state index >= 15 is 0 Å². The molecular formula is C14H15ClN2O. The fourth-order valence-electron chi connectivity index (χ4n) is 2.14. The minimum absolute atomic E-state index is 0.0933. The van der Waals surface area contributed by atoms with E-state index in [-0.39, 0.29) is 11.8 Å². The molecule has 1 fully saturated rings. The fourth-order valence-corrected chi connectivity index (χ4v) is 2.27. The summed E-state index contributed by atoms with van der Waals surface area (Å²) >= 11 is 5.82. The molecule has 1 heterocycles. The van der Waals surface area contributed by atoms with E-state index in [0.717, 1.165) is 24.4 Å². The number of halogens is 1. The topological polar surface area (TPSA) is 44.1 Å². The minimum Gasteiger partial charge on any atom is -0.342 e. The molecule has 4 heteroatoms. The highest BCUT2D eigenvalue weighted by Crippen LogP contribution is 2.18. The van der Waals surface area contributed by atoms with Gasteiger partial charge in [0.25, 0.3) is 0 Å². The Morgan fingerprint density at radius 1 is 1.39 bits per heavy atom. The molecule has 0 N–H and O–H groups in total. The molecule has 0 aliphatic carbocycles. The number of nitrogens with zero attached hydrogens (tertiary/aromatic N) is 2. The Bertz CT molecular complexity index is 464. The Morgan fingerprint density at radius 2 is 2.11 bits per heavy atom. The number of hydrogen-bond donors (Lipinski definition) is 0. The number of hydrogen-bond acceptors (Lipinski definition) is 2. The summed E-state index contributed by atoms with van der Waals surface area (Å²) in [6, 6.07) is 9.86. The van der Waals surface area contributed by atoms with Gasteiger partial charge in [0.05, 0.1) is 12.0 Å². The van der Waals surface area contributed by atoms with Gasteiger partial charge in [0, 0.05) is 24.5 Å². The molecule has 3 nitrogen and oxygen atoms in total. The average molecular weight is 263 g/mol. The van der Waals surface area contributed by atoms with Crippen molar-refractivity contribution in [3.63, 3.8) is 0 Å². The molecule has 0 bridgehead atoms. The third-order valence-electron chi connectivity index (χ3n) is 3.29. The number of nitriles is 1. The van der Waals surface area contributed by atoms with E-state index in [9.17, 15) is 4.79 Å². The SMILES string of the molecule is N#CC1CCN(CCc2ccc(Cl)cc2)C(=O)C1. The van der Waals surface area contributed by atoms with E-state index in [1.807, 2.05) is 29.2 Å². The molecule has 1 unspecified atom stereocenters. The van der Waals surface area contributed by atoms with Crippen LogP contribution in [0, 0.1) is 17.2 Å². The number of likely N-dealkylation sites (tertiary alicyclic amines) is 1. The first kappa shape index (κ1) is 12.9. The van der Waals surface area contributed by atoms with Crippen molar-refractivity contribution in [2.45, 2.75) is 19.3 Å². The van der Waals surface area contributed by atoms with Crippen molar-refractivity contribution in [3.8, 4) is 6.07 Å². The lowest BCUT2D eigenvalue weighted by atomic mass is 9.97. The fraction of sp³-hybridized carbons (Fsp3) is 0.429. The normalized spacial score (nSPS) is 19.7. The smallest absolute Gasteiger partial charge is 0.223 e. The summed E-state index contributed by atoms with van der Waals surface area (Å²) in [5.74, 6) is 0.00560. The molecular weight excluding hydrogens is 248 g/mol. The molecule has 0 saturated carbocycles. The Hall–Kier alpha value is -1.53. The van der Waals surface area contributed by atoms with E-state index in [4.69, 9.17) is 16.9 Å². The van der Waals surface area contributed by atoms with Gasteiger partial charge in [-0.1, -0.05) is 23.7 Å². The van der Waals surface area contributed by atoms with E-state index in [2.05, 4.69) is 6.07 Å². The largest absolute Gasteiger partial charge is 0.342 e. The Morgan fingerprint density at radius 3 is 2.72 bits per heavy atom. The first-order chi connectivity index (χ1) is 8.69. The number of benzene rings is 1. The highest BCUT2D eigenvalue weighted by atomic mass is 35.5. The second kappa shape index (κ2) is 5.88. The van der Waals surface area contributed by atoms with Gasteiger partial charge in [0.15, 0.2) is 0 Å². The van der Waals surface area contributed by atoms with Crippen molar-refractivity contribution in [2.75, 3.05) is 13.1 Å². The molecule has 0 radical (unpaired) electrons. The van der Waals surface area contributed by atoms with Crippen LogP contribution in [0.15, 0.2) is 24.3 Å². The molecule has 1 aromatic carbocycles. The van der Waals surface area contributed by atoms with Crippen molar-refractivity contribution < 1.29 is 4.79 Å². The third-order valence-corrected chi connectivity index (χ3v) is 3.54. The number of rotatable bonds is 3. The summed E-state index contributed by atoms with van der Waals surface area (Å²) in [5.41, 5.74) is 1.18. The Balaban J connectivity index is 1.86. The number of carbonyl (C=O) groups excluding carboxylic acids is 1. The van der Waals surface area contributed by atoms with Crippen LogP contribution >= 0.6 is 11.6 Å². The first-order valence-corrected chi connectivity index (χ1v) is 6.48. The van der Waals surface area contributed by atoms with Crippen molar-refractivity contribution in [2.24, 2.45) is 5.92 Å². The maximum Gasteiger partial charge on any atom is 0.223 e. The van der Waals surface area contributed by atoms with Gasteiger partial charge in [-0.3, -0.25) is 4.79 Å². The minimum atomic E-state index is -0.0933. The lowest BCUT2D eigenvalue weighted by molar-refractivity contribution is -0.134. The van der Waals surface area contributed by atoms with Crippen molar-refractivity contribution in [3.05, 3.63) is 34.9 Å². The number of piperidine rings is 1. The zero-order valence-corrected chi connectivity index (χ0v) is 10.9. The van der Waals surface area contributed by atoms with Gasteiger partial charge in [-0.25, -0.2) is 0 Å². The van der Waals surface area contributed by atoms with Gasteiger partial charge in [-0.05, 0) is 30.5 Å². The van der Waals surface area contributed by atoms with E-state index in [1.165, 1.54) is 5.56 Å². The molecule has 18 heavy (non-hydrogen) atoms. The summed E-state index contributed by atoms with van der Waals surface area (Å²) in [7, 11) is 0. The maximum atomic E-state index is 11.8. The zero-order valence-electron chi connectivity index (χ0n) is 10.1. The van der Waals surface area contributed by atoms with Crippen LogP contribution in [0.1, 0.15) is 18.4 Å². The second-order valence-electron chi connectivity index (χ2n) is 4.58. The predicted octanol–water partition coefficient (Wildman–Crippen LogP) is 2.64. The first-order valence-electron chi connectivity index (χ1n) is 6.11. The quantitative estimate of drug-likeness (QED) is 0.841. The highest BCUT2D eigenvalue weighted by Gasteiger charge is 2.24. The second-order valence-corrected chi connectivity index (χ2v) is 5.01. The van der Waals surface area contributed by atoms with Crippen LogP contribution < -0.4 is 0 Å². The highest BCUT2D eigenvalue weighted by molar-refractivity contribution is 6.30. The van der Waals surface area contributed by atoms with Gasteiger partial charge in [0.1, 0.15) is 0 Å². The molecule has 1 saturated heterocycles. The van der Waals surface area contributed by atoms with Crippen LogP contribution in [-0.2, 0) is 11.2 Å². The third kappa shape index (κ3) is 3.24. The van der Waals surface area contributed by atoms with Gasteiger partial charge in [-0.2, -0.15) is 5.26 Å².